The average molecular weight is 209 g/mol. The van der Waals surface area contributed by atoms with Gasteiger partial charge >= 0.3 is 0 Å². The molecule has 0 aromatic heterocycles. The first-order chi connectivity index (χ1) is 7.17. The molecule has 0 bridgehead atoms. The van der Waals surface area contributed by atoms with Crippen molar-refractivity contribution in [2.45, 2.75) is 46.0 Å². The van der Waals surface area contributed by atoms with Gasteiger partial charge in [0.25, 0.3) is 0 Å². The lowest BCUT2D eigenvalue weighted by molar-refractivity contribution is 0.185. The van der Waals surface area contributed by atoms with Gasteiger partial charge in [0, 0.05) is 0 Å². The molecule has 1 rings (SSSR count). The van der Waals surface area contributed by atoms with Gasteiger partial charge in [-0.2, -0.15) is 0 Å². The van der Waals surface area contributed by atoms with Crippen molar-refractivity contribution in [2.75, 3.05) is 13.6 Å². The molecule has 1 heteroatoms. The summed E-state index contributed by atoms with van der Waals surface area (Å²) in [4.78, 5) is 0. The zero-order chi connectivity index (χ0) is 11.3. The number of rotatable bonds is 5. The van der Waals surface area contributed by atoms with Crippen molar-refractivity contribution in [2.24, 2.45) is 17.8 Å². The molecule has 0 heterocycles. The van der Waals surface area contributed by atoms with Crippen LogP contribution < -0.4 is 5.32 Å². The first-order valence-corrected chi connectivity index (χ1v) is 6.48. The van der Waals surface area contributed by atoms with Gasteiger partial charge in [0.15, 0.2) is 0 Å². The molecule has 0 aromatic carbocycles. The normalized spacial score (nSPS) is 31.5. The smallest absolute Gasteiger partial charge is 0.00208 e. The molecule has 1 fully saturated rings. The highest BCUT2D eigenvalue weighted by molar-refractivity contribution is 4.97. The van der Waals surface area contributed by atoms with Gasteiger partial charge in [-0.1, -0.05) is 32.4 Å². The predicted molar refractivity (Wildman–Crippen MR) is 68.0 cm³/mol. The molecule has 0 amide bonds. The number of hydrogen-bond donors (Lipinski definition) is 1. The molecule has 1 aliphatic carbocycles. The van der Waals surface area contributed by atoms with Gasteiger partial charge in [-0.05, 0) is 57.0 Å². The van der Waals surface area contributed by atoms with Crippen LogP contribution in [0, 0.1) is 17.8 Å². The molecule has 15 heavy (non-hydrogen) atoms. The highest BCUT2D eigenvalue weighted by Gasteiger charge is 2.27. The minimum Gasteiger partial charge on any atom is -0.319 e. The quantitative estimate of drug-likeness (QED) is 0.682. The van der Waals surface area contributed by atoms with Gasteiger partial charge in [-0.3, -0.25) is 0 Å². The Morgan fingerprint density at radius 1 is 1.33 bits per heavy atom. The Hall–Kier alpha value is -0.300. The SMILES string of the molecule is C=C(CC)CC1CC(C)CCC1CNC. The van der Waals surface area contributed by atoms with Gasteiger partial charge in [0.1, 0.15) is 0 Å². The molecule has 3 unspecified atom stereocenters. The van der Waals surface area contributed by atoms with Crippen LogP contribution in [-0.2, 0) is 0 Å². The topological polar surface area (TPSA) is 12.0 Å². The van der Waals surface area contributed by atoms with Gasteiger partial charge in [0.05, 0.1) is 0 Å². The van der Waals surface area contributed by atoms with Gasteiger partial charge in [-0.25, -0.2) is 0 Å². The molecule has 1 aliphatic rings. The highest BCUT2D eigenvalue weighted by atomic mass is 14.8. The molecule has 0 spiro atoms. The first kappa shape index (κ1) is 12.8. The Morgan fingerprint density at radius 3 is 2.67 bits per heavy atom. The fourth-order valence-electron chi connectivity index (χ4n) is 2.86. The minimum atomic E-state index is 0.883. The van der Waals surface area contributed by atoms with Crippen molar-refractivity contribution in [1.82, 2.24) is 5.32 Å². The minimum absolute atomic E-state index is 0.883. The van der Waals surface area contributed by atoms with Crippen molar-refractivity contribution in [3.05, 3.63) is 12.2 Å². The van der Waals surface area contributed by atoms with Gasteiger partial charge in [-0.15, -0.1) is 0 Å². The molecule has 0 aromatic rings. The summed E-state index contributed by atoms with van der Waals surface area (Å²) in [5.74, 6) is 2.69. The number of hydrogen-bond acceptors (Lipinski definition) is 1. The number of nitrogens with one attached hydrogen (secondary N) is 1. The standard InChI is InChI=1S/C14H27N/c1-5-11(2)8-14-9-12(3)6-7-13(14)10-15-4/h12-15H,2,5-10H2,1,3-4H3. The highest BCUT2D eigenvalue weighted by Crippen LogP contribution is 2.37. The summed E-state index contributed by atoms with van der Waals surface area (Å²) in [7, 11) is 2.07. The van der Waals surface area contributed by atoms with Gasteiger partial charge < -0.3 is 5.32 Å². The van der Waals surface area contributed by atoms with Crippen LogP contribution in [0.1, 0.15) is 46.0 Å². The molecule has 3 atom stereocenters. The van der Waals surface area contributed by atoms with Crippen molar-refractivity contribution < 1.29 is 0 Å². The summed E-state index contributed by atoms with van der Waals surface area (Å²) < 4.78 is 0. The summed E-state index contributed by atoms with van der Waals surface area (Å²) in [5, 5.41) is 3.34. The van der Waals surface area contributed by atoms with Crippen LogP contribution in [0.3, 0.4) is 0 Å². The van der Waals surface area contributed by atoms with E-state index in [1.807, 2.05) is 0 Å². The fourth-order valence-corrected chi connectivity index (χ4v) is 2.86. The van der Waals surface area contributed by atoms with Crippen LogP contribution in [-0.4, -0.2) is 13.6 Å². The second-order valence-electron chi connectivity index (χ2n) is 5.30. The average Bonchev–Trinajstić information content (AvgIpc) is 2.22. The Bertz CT molecular complexity index is 198. The van der Waals surface area contributed by atoms with Crippen molar-refractivity contribution in [3.8, 4) is 0 Å². The van der Waals surface area contributed by atoms with E-state index in [0.717, 1.165) is 24.2 Å². The Balaban J connectivity index is 2.49. The fraction of sp³-hybridized carbons (Fsp3) is 0.857. The summed E-state index contributed by atoms with van der Waals surface area (Å²) in [6.45, 7) is 9.98. The van der Waals surface area contributed by atoms with E-state index in [9.17, 15) is 0 Å². The second kappa shape index (κ2) is 6.32. The molecule has 1 saturated carbocycles. The Kier molecular flexibility index (Phi) is 5.38. The van der Waals surface area contributed by atoms with Crippen LogP contribution >= 0.6 is 0 Å². The second-order valence-corrected chi connectivity index (χ2v) is 5.30. The maximum absolute atomic E-state index is 4.17. The zero-order valence-electron chi connectivity index (χ0n) is 10.7. The molecule has 0 aliphatic heterocycles. The third-order valence-corrected chi connectivity index (χ3v) is 3.92. The largest absolute Gasteiger partial charge is 0.319 e. The third kappa shape index (κ3) is 3.98. The summed E-state index contributed by atoms with van der Waals surface area (Å²) in [6.07, 6.45) is 6.64. The maximum atomic E-state index is 4.17. The van der Waals surface area contributed by atoms with Crippen LogP contribution in [0.25, 0.3) is 0 Å². The van der Waals surface area contributed by atoms with E-state index < -0.39 is 0 Å². The van der Waals surface area contributed by atoms with Crippen molar-refractivity contribution >= 4 is 0 Å². The van der Waals surface area contributed by atoms with E-state index in [4.69, 9.17) is 0 Å². The lowest BCUT2D eigenvalue weighted by Crippen LogP contribution is -2.31. The Morgan fingerprint density at radius 2 is 2.07 bits per heavy atom. The van der Waals surface area contributed by atoms with Crippen LogP contribution in [0.4, 0.5) is 0 Å². The zero-order valence-corrected chi connectivity index (χ0v) is 10.7. The first-order valence-electron chi connectivity index (χ1n) is 6.48. The summed E-state index contributed by atoms with van der Waals surface area (Å²) in [5.41, 5.74) is 1.44. The van der Waals surface area contributed by atoms with Gasteiger partial charge in [0.2, 0.25) is 0 Å². The van der Waals surface area contributed by atoms with E-state index in [2.05, 4.69) is 32.8 Å². The molecular weight excluding hydrogens is 182 g/mol. The lowest BCUT2D eigenvalue weighted by Gasteiger charge is -2.35. The maximum Gasteiger partial charge on any atom is -0.00208 e. The Labute approximate surface area is 95.3 Å². The lowest BCUT2D eigenvalue weighted by atomic mass is 9.72. The molecule has 1 nitrogen and oxygen atoms in total. The molecule has 88 valence electrons. The molecule has 1 N–H and O–H groups in total. The molecule has 0 saturated heterocycles. The van der Waals surface area contributed by atoms with Crippen LogP contribution in [0.15, 0.2) is 12.2 Å². The monoisotopic (exact) mass is 209 g/mol. The van der Waals surface area contributed by atoms with Crippen molar-refractivity contribution in [1.29, 1.82) is 0 Å². The van der Waals surface area contributed by atoms with Crippen molar-refractivity contribution in [3.63, 3.8) is 0 Å². The van der Waals surface area contributed by atoms with E-state index in [0.29, 0.717) is 0 Å². The van der Waals surface area contributed by atoms with E-state index >= 15 is 0 Å². The summed E-state index contributed by atoms with van der Waals surface area (Å²) in [6, 6.07) is 0. The molecule has 0 radical (unpaired) electrons. The number of allylic oxidation sites excluding steroid dienone is 1. The van der Waals surface area contributed by atoms with Crippen LogP contribution in [0.2, 0.25) is 0 Å². The van der Waals surface area contributed by atoms with Crippen LogP contribution in [0.5, 0.6) is 0 Å². The van der Waals surface area contributed by atoms with E-state index in [-0.39, 0.29) is 0 Å². The third-order valence-electron chi connectivity index (χ3n) is 3.92. The van der Waals surface area contributed by atoms with E-state index in [1.54, 1.807) is 0 Å². The predicted octanol–water partition coefficient (Wildman–Crippen LogP) is 3.61. The summed E-state index contributed by atoms with van der Waals surface area (Å²) >= 11 is 0. The molecular formula is C14H27N. The van der Waals surface area contributed by atoms with E-state index in [1.165, 1.54) is 37.8 Å².